The van der Waals surface area contributed by atoms with Gasteiger partial charge in [0.15, 0.2) is 0 Å². The minimum absolute atomic E-state index is 0.292. The predicted molar refractivity (Wildman–Crippen MR) is 88.3 cm³/mol. The van der Waals surface area contributed by atoms with Crippen molar-refractivity contribution in [2.75, 3.05) is 6.54 Å². The van der Waals surface area contributed by atoms with Crippen molar-refractivity contribution in [3.05, 3.63) is 34.6 Å². The Morgan fingerprint density at radius 2 is 1.90 bits per heavy atom. The van der Waals surface area contributed by atoms with Crippen LogP contribution in [0.5, 0.6) is 0 Å². The van der Waals surface area contributed by atoms with E-state index in [-0.39, 0.29) is 5.82 Å². The molecule has 0 spiro atoms. The molecule has 2 rings (SSSR count). The first kappa shape index (κ1) is 16.8. The SMILES string of the molecule is CC(C)NCC1CCCCCC1Cc1cccc(F)c1Cl. The summed E-state index contributed by atoms with van der Waals surface area (Å²) < 4.78 is 13.6. The molecule has 2 atom stereocenters. The minimum atomic E-state index is -0.292. The van der Waals surface area contributed by atoms with E-state index in [9.17, 15) is 4.39 Å². The standard InChI is InChI=1S/C18H27ClFN/c1-13(2)21-12-16-8-5-3-4-7-14(16)11-15-9-6-10-17(20)18(15)19/h6,9-10,13-14,16,21H,3-5,7-8,11-12H2,1-2H3. The second-order valence-corrected chi connectivity index (χ2v) is 7.02. The van der Waals surface area contributed by atoms with Gasteiger partial charge in [-0.2, -0.15) is 0 Å². The van der Waals surface area contributed by atoms with E-state index < -0.39 is 0 Å². The van der Waals surface area contributed by atoms with Crippen molar-refractivity contribution >= 4 is 11.6 Å². The van der Waals surface area contributed by atoms with Crippen LogP contribution in [0.15, 0.2) is 18.2 Å². The van der Waals surface area contributed by atoms with Gasteiger partial charge in [-0.1, -0.05) is 56.8 Å². The number of hydrogen-bond acceptors (Lipinski definition) is 1. The minimum Gasteiger partial charge on any atom is -0.314 e. The van der Waals surface area contributed by atoms with E-state index in [1.165, 1.54) is 38.2 Å². The van der Waals surface area contributed by atoms with E-state index in [0.717, 1.165) is 18.5 Å². The Labute approximate surface area is 133 Å². The smallest absolute Gasteiger partial charge is 0.142 e. The fourth-order valence-electron chi connectivity index (χ4n) is 3.37. The van der Waals surface area contributed by atoms with Gasteiger partial charge in [0.05, 0.1) is 5.02 Å². The first-order valence-corrected chi connectivity index (χ1v) is 8.62. The maximum atomic E-state index is 13.6. The Kier molecular flexibility index (Phi) is 6.50. The quantitative estimate of drug-likeness (QED) is 0.735. The molecule has 0 heterocycles. The van der Waals surface area contributed by atoms with Gasteiger partial charge >= 0.3 is 0 Å². The Morgan fingerprint density at radius 3 is 2.62 bits per heavy atom. The van der Waals surface area contributed by atoms with Crippen molar-refractivity contribution in [1.82, 2.24) is 5.32 Å². The zero-order valence-electron chi connectivity index (χ0n) is 13.2. The molecule has 1 fully saturated rings. The third-order valence-corrected chi connectivity index (χ3v) is 5.04. The van der Waals surface area contributed by atoms with E-state index in [1.807, 2.05) is 6.07 Å². The van der Waals surface area contributed by atoms with Crippen molar-refractivity contribution in [1.29, 1.82) is 0 Å². The molecule has 0 saturated heterocycles. The molecule has 1 aliphatic carbocycles. The molecule has 1 saturated carbocycles. The fourth-order valence-corrected chi connectivity index (χ4v) is 3.58. The van der Waals surface area contributed by atoms with Crippen LogP contribution in [0.1, 0.15) is 51.5 Å². The molecule has 0 aromatic heterocycles. The van der Waals surface area contributed by atoms with E-state index in [4.69, 9.17) is 11.6 Å². The van der Waals surface area contributed by atoms with Crippen LogP contribution in [0.3, 0.4) is 0 Å². The Bertz CT molecular complexity index is 447. The monoisotopic (exact) mass is 311 g/mol. The lowest BCUT2D eigenvalue weighted by Crippen LogP contribution is -2.33. The molecular weight excluding hydrogens is 285 g/mol. The van der Waals surface area contributed by atoms with Crippen molar-refractivity contribution in [2.24, 2.45) is 11.8 Å². The largest absolute Gasteiger partial charge is 0.314 e. The van der Waals surface area contributed by atoms with Crippen LogP contribution in [0.4, 0.5) is 4.39 Å². The molecule has 2 unspecified atom stereocenters. The van der Waals surface area contributed by atoms with Crippen molar-refractivity contribution in [2.45, 2.75) is 58.4 Å². The van der Waals surface area contributed by atoms with Crippen LogP contribution in [0.2, 0.25) is 5.02 Å². The van der Waals surface area contributed by atoms with E-state index in [2.05, 4.69) is 19.2 Å². The van der Waals surface area contributed by atoms with Gasteiger partial charge in [0, 0.05) is 6.04 Å². The highest BCUT2D eigenvalue weighted by atomic mass is 35.5. The van der Waals surface area contributed by atoms with Gasteiger partial charge in [0.2, 0.25) is 0 Å². The number of hydrogen-bond donors (Lipinski definition) is 1. The van der Waals surface area contributed by atoms with Crippen molar-refractivity contribution in [3.8, 4) is 0 Å². The predicted octanol–water partition coefficient (Wildman–Crippen LogP) is 5.22. The van der Waals surface area contributed by atoms with Gasteiger partial charge < -0.3 is 5.32 Å². The molecule has 118 valence electrons. The molecule has 1 nitrogen and oxygen atoms in total. The summed E-state index contributed by atoms with van der Waals surface area (Å²) in [6, 6.07) is 5.71. The summed E-state index contributed by atoms with van der Waals surface area (Å²) in [5.41, 5.74) is 0.970. The van der Waals surface area contributed by atoms with Crippen LogP contribution in [0, 0.1) is 17.7 Å². The third kappa shape index (κ3) is 4.96. The lowest BCUT2D eigenvalue weighted by atomic mass is 9.83. The van der Waals surface area contributed by atoms with Crippen LogP contribution in [-0.2, 0) is 6.42 Å². The van der Waals surface area contributed by atoms with Gasteiger partial charge in [-0.15, -0.1) is 0 Å². The van der Waals surface area contributed by atoms with Crippen LogP contribution in [-0.4, -0.2) is 12.6 Å². The van der Waals surface area contributed by atoms with Crippen molar-refractivity contribution < 1.29 is 4.39 Å². The summed E-state index contributed by atoms with van der Waals surface area (Å²) in [6.45, 7) is 5.44. The lowest BCUT2D eigenvalue weighted by Gasteiger charge is -2.27. The zero-order valence-corrected chi connectivity index (χ0v) is 13.9. The Balaban J connectivity index is 2.07. The topological polar surface area (TPSA) is 12.0 Å². The summed E-state index contributed by atoms with van der Waals surface area (Å²) in [5, 5.41) is 3.89. The lowest BCUT2D eigenvalue weighted by molar-refractivity contribution is 0.291. The highest BCUT2D eigenvalue weighted by Gasteiger charge is 2.25. The summed E-state index contributed by atoms with van der Waals surface area (Å²) in [5.74, 6) is 0.993. The Morgan fingerprint density at radius 1 is 1.19 bits per heavy atom. The summed E-state index contributed by atoms with van der Waals surface area (Å²) in [6.07, 6.45) is 7.34. The molecule has 0 aliphatic heterocycles. The van der Waals surface area contributed by atoms with Gasteiger partial charge in [-0.3, -0.25) is 0 Å². The van der Waals surface area contributed by atoms with Crippen LogP contribution in [0.25, 0.3) is 0 Å². The average Bonchev–Trinajstić information content (AvgIpc) is 2.67. The summed E-state index contributed by atoms with van der Waals surface area (Å²) >= 11 is 6.14. The fraction of sp³-hybridized carbons (Fsp3) is 0.667. The first-order valence-electron chi connectivity index (χ1n) is 8.24. The van der Waals surface area contributed by atoms with E-state index >= 15 is 0 Å². The van der Waals surface area contributed by atoms with Crippen molar-refractivity contribution in [3.63, 3.8) is 0 Å². The summed E-state index contributed by atoms with van der Waals surface area (Å²) in [4.78, 5) is 0. The molecule has 0 radical (unpaired) electrons. The molecule has 0 amide bonds. The highest BCUT2D eigenvalue weighted by Crippen LogP contribution is 2.33. The van der Waals surface area contributed by atoms with Crippen LogP contribution < -0.4 is 5.32 Å². The normalized spacial score (nSPS) is 23.3. The Hall–Kier alpha value is -0.600. The van der Waals surface area contributed by atoms with E-state index in [0.29, 0.717) is 22.9 Å². The first-order chi connectivity index (χ1) is 10.1. The van der Waals surface area contributed by atoms with Crippen LogP contribution >= 0.6 is 11.6 Å². The number of halogens is 2. The number of benzene rings is 1. The molecule has 3 heteroatoms. The maximum Gasteiger partial charge on any atom is 0.142 e. The molecule has 1 aromatic carbocycles. The number of rotatable bonds is 5. The molecule has 1 N–H and O–H groups in total. The molecule has 1 aliphatic rings. The zero-order chi connectivity index (χ0) is 15.2. The molecular formula is C18H27ClFN. The third-order valence-electron chi connectivity index (χ3n) is 4.62. The van der Waals surface area contributed by atoms with Gasteiger partial charge in [-0.05, 0) is 49.3 Å². The molecule has 21 heavy (non-hydrogen) atoms. The highest BCUT2D eigenvalue weighted by molar-refractivity contribution is 6.31. The molecule has 0 bridgehead atoms. The maximum absolute atomic E-state index is 13.6. The summed E-state index contributed by atoms with van der Waals surface area (Å²) in [7, 11) is 0. The second-order valence-electron chi connectivity index (χ2n) is 6.64. The van der Waals surface area contributed by atoms with E-state index in [1.54, 1.807) is 6.07 Å². The van der Waals surface area contributed by atoms with Gasteiger partial charge in [-0.25, -0.2) is 4.39 Å². The van der Waals surface area contributed by atoms with Gasteiger partial charge in [0.25, 0.3) is 0 Å². The molecule has 1 aromatic rings. The average molecular weight is 312 g/mol. The number of nitrogens with one attached hydrogen (secondary N) is 1. The van der Waals surface area contributed by atoms with Gasteiger partial charge in [0.1, 0.15) is 5.82 Å². The second kappa shape index (κ2) is 8.14.